The molecule has 1 fully saturated rings. The fourth-order valence-corrected chi connectivity index (χ4v) is 3.87. The summed E-state index contributed by atoms with van der Waals surface area (Å²) in [4.78, 5) is 13.0. The predicted octanol–water partition coefficient (Wildman–Crippen LogP) is 1.81. The van der Waals surface area contributed by atoms with Crippen molar-refractivity contribution in [2.24, 2.45) is 0 Å². The molecule has 4 rings (SSSR count). The second kappa shape index (κ2) is 7.66. The van der Waals surface area contributed by atoms with Crippen LogP contribution in [0.5, 0.6) is 0 Å². The molecule has 0 saturated carbocycles. The van der Waals surface area contributed by atoms with Gasteiger partial charge in [-0.15, -0.1) is 0 Å². The highest BCUT2D eigenvalue weighted by Crippen LogP contribution is 2.24. The fourth-order valence-electron chi connectivity index (χ4n) is 3.67. The first kappa shape index (κ1) is 17.9. The van der Waals surface area contributed by atoms with Gasteiger partial charge < -0.3 is 9.80 Å². The summed E-state index contributed by atoms with van der Waals surface area (Å²) in [5.41, 5.74) is 3.11. The molecule has 0 bridgehead atoms. The average molecular weight is 384 g/mol. The average Bonchev–Trinajstić information content (AvgIpc) is 3.07. The van der Waals surface area contributed by atoms with Crippen LogP contribution in [-0.4, -0.2) is 52.5 Å². The van der Waals surface area contributed by atoms with Gasteiger partial charge >= 0.3 is 0 Å². The van der Waals surface area contributed by atoms with Gasteiger partial charge in [0.15, 0.2) is 5.65 Å². The molecule has 0 aliphatic carbocycles. The van der Waals surface area contributed by atoms with Gasteiger partial charge in [0.25, 0.3) is 0 Å². The molecule has 0 atom stereocenters. The zero-order chi connectivity index (χ0) is 18.8. The lowest BCUT2D eigenvalue weighted by Gasteiger charge is -2.33. The maximum absolute atomic E-state index is 6.30. The van der Waals surface area contributed by atoms with Crippen LogP contribution in [0.4, 0.5) is 5.82 Å². The van der Waals surface area contributed by atoms with Gasteiger partial charge in [0.1, 0.15) is 12.1 Å². The highest BCUT2D eigenvalue weighted by atomic mass is 35.5. The highest BCUT2D eigenvalue weighted by molar-refractivity contribution is 6.31. The number of quaternary nitrogens is 1. The van der Waals surface area contributed by atoms with Crippen LogP contribution in [0.2, 0.25) is 5.02 Å². The molecular weight excluding hydrogens is 360 g/mol. The summed E-state index contributed by atoms with van der Waals surface area (Å²) in [6, 6.07) is 7.83. The lowest BCUT2D eigenvalue weighted by atomic mass is 10.2. The van der Waals surface area contributed by atoms with Gasteiger partial charge in [-0.2, -0.15) is 5.10 Å². The first-order valence-electron chi connectivity index (χ1n) is 9.24. The summed E-state index contributed by atoms with van der Waals surface area (Å²) in [7, 11) is 0. The van der Waals surface area contributed by atoms with E-state index < -0.39 is 0 Å². The van der Waals surface area contributed by atoms with Gasteiger partial charge in [-0.1, -0.05) is 36.4 Å². The third-order valence-electron chi connectivity index (χ3n) is 5.01. The number of hydrogen-bond donors (Lipinski definition) is 1. The Morgan fingerprint density at radius 3 is 2.74 bits per heavy atom. The van der Waals surface area contributed by atoms with Crippen LogP contribution < -0.4 is 9.80 Å². The van der Waals surface area contributed by atoms with Crippen LogP contribution in [0.3, 0.4) is 0 Å². The maximum Gasteiger partial charge on any atom is 0.163 e. The van der Waals surface area contributed by atoms with Crippen LogP contribution in [0, 0.1) is 0 Å². The zero-order valence-electron chi connectivity index (χ0n) is 15.5. The molecule has 0 spiro atoms. The third kappa shape index (κ3) is 3.82. The molecule has 6 nitrogen and oxygen atoms in total. The van der Waals surface area contributed by atoms with E-state index in [0.29, 0.717) is 6.54 Å². The van der Waals surface area contributed by atoms with Crippen molar-refractivity contribution in [3.05, 3.63) is 59.5 Å². The van der Waals surface area contributed by atoms with Gasteiger partial charge in [-0.3, -0.25) is 0 Å². The minimum absolute atomic E-state index is 0.593. The molecule has 3 aromatic rings. The molecular formula is C20H24ClN6+. The summed E-state index contributed by atoms with van der Waals surface area (Å²) < 4.78 is 1.89. The number of hydrogen-bond acceptors (Lipinski definition) is 4. The molecule has 1 aromatic carbocycles. The Hall–Kier alpha value is -2.44. The molecule has 0 unspecified atom stereocenters. The van der Waals surface area contributed by atoms with Crippen LogP contribution >= 0.6 is 11.6 Å². The number of halogens is 1. The second-order valence-corrected chi connectivity index (χ2v) is 7.61. The molecule has 0 amide bonds. The smallest absolute Gasteiger partial charge is 0.163 e. The van der Waals surface area contributed by atoms with E-state index in [2.05, 4.69) is 33.5 Å². The summed E-state index contributed by atoms with van der Waals surface area (Å²) in [5.74, 6) is 0.972. The minimum atomic E-state index is 0.593. The van der Waals surface area contributed by atoms with Crippen molar-refractivity contribution in [3.63, 3.8) is 0 Å². The largest absolute Gasteiger partial charge is 0.345 e. The van der Waals surface area contributed by atoms with Crippen molar-refractivity contribution in [2.45, 2.75) is 13.5 Å². The normalized spacial score (nSPS) is 15.4. The van der Waals surface area contributed by atoms with E-state index >= 15 is 0 Å². The number of nitrogens with zero attached hydrogens (tertiary/aromatic N) is 5. The lowest BCUT2D eigenvalue weighted by Crippen LogP contribution is -3.15. The van der Waals surface area contributed by atoms with Gasteiger partial charge in [0.2, 0.25) is 0 Å². The molecule has 0 radical (unpaired) electrons. The van der Waals surface area contributed by atoms with E-state index in [9.17, 15) is 0 Å². The van der Waals surface area contributed by atoms with Crippen molar-refractivity contribution < 1.29 is 4.90 Å². The van der Waals surface area contributed by atoms with Crippen LogP contribution in [0.15, 0.2) is 48.9 Å². The minimum Gasteiger partial charge on any atom is -0.345 e. The number of aromatic nitrogens is 4. The molecule has 140 valence electrons. The Morgan fingerprint density at radius 1 is 1.22 bits per heavy atom. The zero-order valence-corrected chi connectivity index (χ0v) is 16.3. The van der Waals surface area contributed by atoms with Crippen molar-refractivity contribution in [2.75, 3.05) is 37.6 Å². The van der Waals surface area contributed by atoms with Crippen molar-refractivity contribution in [1.29, 1.82) is 0 Å². The first-order chi connectivity index (χ1) is 13.1. The molecule has 2 aromatic heterocycles. The summed E-state index contributed by atoms with van der Waals surface area (Å²) in [6.45, 7) is 11.9. The summed E-state index contributed by atoms with van der Waals surface area (Å²) in [6.07, 6.45) is 3.50. The molecule has 1 aliphatic rings. The van der Waals surface area contributed by atoms with E-state index in [1.54, 1.807) is 11.2 Å². The Balaban J connectivity index is 1.56. The molecule has 7 heteroatoms. The topological polar surface area (TPSA) is 51.3 Å². The van der Waals surface area contributed by atoms with Gasteiger partial charge in [-0.25, -0.2) is 14.6 Å². The highest BCUT2D eigenvalue weighted by Gasteiger charge is 2.23. The van der Waals surface area contributed by atoms with Crippen LogP contribution in [0.1, 0.15) is 12.5 Å². The third-order valence-corrected chi connectivity index (χ3v) is 5.38. The van der Waals surface area contributed by atoms with Gasteiger partial charge in [-0.05, 0) is 24.1 Å². The SMILES string of the molecule is C=C(C)C[NH+]1CCN(c2ncnc3c2cnn3Cc2ccccc2Cl)CC1. The standard InChI is InChI=1S/C20H23ClN6/c1-15(2)12-25-7-9-26(10-8-25)19-17-11-24-27(20(17)23-14-22-19)13-16-5-3-4-6-18(16)21/h3-6,11,14H,1,7-10,12-13H2,2H3/p+1. The van der Waals surface area contributed by atoms with Crippen LogP contribution in [-0.2, 0) is 6.54 Å². The fraction of sp³-hybridized carbons (Fsp3) is 0.350. The number of rotatable bonds is 5. The Kier molecular flexibility index (Phi) is 5.09. The monoisotopic (exact) mass is 383 g/mol. The number of nitrogens with one attached hydrogen (secondary N) is 1. The van der Waals surface area contributed by atoms with Gasteiger partial charge in [0, 0.05) is 5.02 Å². The summed E-state index contributed by atoms with van der Waals surface area (Å²) >= 11 is 6.30. The molecule has 1 saturated heterocycles. The Bertz CT molecular complexity index is 958. The number of anilines is 1. The van der Waals surface area contributed by atoms with Crippen molar-refractivity contribution in [1.82, 2.24) is 19.7 Å². The lowest BCUT2D eigenvalue weighted by molar-refractivity contribution is -0.895. The van der Waals surface area contributed by atoms with E-state index in [1.165, 1.54) is 5.57 Å². The number of benzene rings is 1. The number of piperazine rings is 1. The maximum atomic E-state index is 6.30. The Labute approximate surface area is 164 Å². The predicted molar refractivity (Wildman–Crippen MR) is 108 cm³/mol. The van der Waals surface area contributed by atoms with E-state index in [-0.39, 0.29) is 0 Å². The molecule has 1 aliphatic heterocycles. The number of fused-ring (bicyclic) bond motifs is 1. The van der Waals surface area contributed by atoms with Gasteiger partial charge in [0.05, 0.1) is 50.9 Å². The second-order valence-electron chi connectivity index (χ2n) is 7.20. The van der Waals surface area contributed by atoms with E-state index in [0.717, 1.165) is 60.2 Å². The molecule has 3 heterocycles. The van der Waals surface area contributed by atoms with Crippen LogP contribution in [0.25, 0.3) is 11.0 Å². The van der Waals surface area contributed by atoms with Crippen molar-refractivity contribution in [3.8, 4) is 0 Å². The Morgan fingerprint density at radius 2 is 2.00 bits per heavy atom. The summed E-state index contributed by atoms with van der Waals surface area (Å²) in [5, 5.41) is 6.29. The van der Waals surface area contributed by atoms with E-state index in [4.69, 9.17) is 11.6 Å². The molecule has 1 N–H and O–H groups in total. The molecule has 27 heavy (non-hydrogen) atoms. The van der Waals surface area contributed by atoms with E-state index in [1.807, 2.05) is 35.1 Å². The first-order valence-corrected chi connectivity index (χ1v) is 9.62. The van der Waals surface area contributed by atoms with Crippen molar-refractivity contribution >= 4 is 28.5 Å². The quantitative estimate of drug-likeness (QED) is 0.683.